The molecular weight excluding hydrogens is 1880 g/mol. The van der Waals surface area contributed by atoms with E-state index in [0.717, 1.165) is 207 Å². The molecule has 0 spiro atoms. The molecule has 3 aromatic carbocycles. The van der Waals surface area contributed by atoms with Crippen molar-refractivity contribution in [1.82, 2.24) is 0 Å². The Morgan fingerprint density at radius 2 is 0.590 bits per heavy atom. The normalized spacial score (nSPS) is 34.4. The summed E-state index contributed by atoms with van der Waals surface area (Å²) < 4.78 is 176. The molecule has 0 aromatic heterocycles. The Hall–Kier alpha value is -4.72. The second-order valence-electron chi connectivity index (χ2n) is 46.5. The van der Waals surface area contributed by atoms with E-state index >= 15 is 0 Å². The number of carbonyl (C=O) groups excluding carboxylic acids is 1. The number of ketones is 1. The number of ether oxygens (including phenoxy) is 15. The molecule has 12 heterocycles. The molecule has 12 fully saturated rings. The summed E-state index contributed by atoms with van der Waals surface area (Å²) in [5, 5.41) is 0. The van der Waals surface area contributed by atoms with Crippen LogP contribution >= 0.6 is 0 Å². The third-order valence-corrected chi connectivity index (χ3v) is 40.3. The van der Waals surface area contributed by atoms with Gasteiger partial charge in [0.15, 0.2) is 54.2 Å². The van der Waals surface area contributed by atoms with Crippen molar-refractivity contribution in [2.24, 2.45) is 76.4 Å². The SMILES string of the molecule is C=C1C[C@H](CCC2OCC(C)(C)CO2)O[C@H]1CC[C@H]1C[C@H](C)C(=C)[C@@H](C[C@@H]2O[C@H](C[C@H](C)CC)[C@H](C)[C@H]2CS(=O)(=O)c2ccc(CC)cc2)O1.C=C1C[C@H](CCC2OCCO2)O[C@H]1CC[C@H]1C[C@H](C)C(=C)[C@@H](C[C@@H]2O[C@H](C[C@H](C)CC)[C@H](C)[C@H]2CS(=O)(=O)c2ccc(CC)cc2)O1.C=C1[C@@H](C)C[C@H](CC[C@@H]2O[C@@H](CCC3OCCO3)CC2=O)O[C@@H]1C[C@@H]1O[C@H](C[C@H](C)CC)[C@H](C)[C@H]1CS(=O)(=O)c1ccc(CC)cc1. The van der Waals surface area contributed by atoms with Crippen molar-refractivity contribution >= 4 is 35.3 Å². The molecule has 25 heteroatoms. The zero-order chi connectivity index (χ0) is 104. The van der Waals surface area contributed by atoms with Gasteiger partial charge >= 0.3 is 0 Å². The number of Topliss-reactive ketones (excluding diaryl/α,β-unsaturated/α-hetero) is 1. The standard InChI is InChI=1S/C42H66O7S.C39H60O7S.C38H58O8S/c1-10-27(3)20-38-31(7)36(24-50(43,44)35-16-12-32(11-2)13-17-35)40(49-38)23-39-30(6)28(4)21-33(48-39)14-18-37-29(5)22-34(47-37)15-19-41-45-25-42(8,9)26-46-41;1-8-25(3)20-36-29(7)34(24-47(40,41)33-14-10-30(9-2)11-15-33)38(46-36)23-37-28(6)26(4)21-31(45-37)12-16-35-27(5)22-32(44-35)13-17-39-42-18-19-43-39;1-7-24(3)19-35-27(6)32(23-47(40,41)31-13-9-28(8-2)10-14-31)37(46-35)22-36-26(5)25(4)20-29(45-36)11-15-34-33(39)21-30(44-34)12-16-38-42-17-18-43-38/h12-13,16-17,27-28,31,33-34,36-41H,5-6,10-11,14-15,18-26H2,1-4,7-9H3;10-11,14-15,25-26,29,31-32,34-39H,5-6,8-9,12-13,16-24H2,1-4,7H3;9-10,13-14,24-25,27,29-30,32,34-38H,5,7-8,11-12,15-23H2,1-4,6H3/t27-,28+,31-,33+,34+,36-,37+,38-,39-,40+;25-,26+,29-,31+,32+,34-,35+,36-,37-,38+;24-,25+,27-,29+,30+,32-,34+,35-,36-,37+/m111/s1. The van der Waals surface area contributed by atoms with E-state index in [0.29, 0.717) is 103 Å². The van der Waals surface area contributed by atoms with Gasteiger partial charge in [0.1, 0.15) is 6.10 Å². The molecule has 12 aliphatic heterocycles. The van der Waals surface area contributed by atoms with Gasteiger partial charge in [0.05, 0.1) is 175 Å². The first-order valence-electron chi connectivity index (χ1n) is 56.1. The summed E-state index contributed by atoms with van der Waals surface area (Å²) >= 11 is 0. The molecule has 144 heavy (non-hydrogen) atoms. The van der Waals surface area contributed by atoms with E-state index in [1.165, 1.54) is 11.1 Å². The molecule has 0 bridgehead atoms. The highest BCUT2D eigenvalue weighted by molar-refractivity contribution is 7.92. The Morgan fingerprint density at radius 3 is 0.882 bits per heavy atom. The number of aryl methyl sites for hydroxylation is 3. The summed E-state index contributed by atoms with van der Waals surface area (Å²) in [5.41, 5.74) is 9.04. The summed E-state index contributed by atoms with van der Waals surface area (Å²) in [6.07, 6.45) is 23.8. The lowest BCUT2D eigenvalue weighted by atomic mass is 9.81. The van der Waals surface area contributed by atoms with Crippen molar-refractivity contribution in [2.45, 2.75) is 454 Å². The number of hydrogen-bond acceptors (Lipinski definition) is 22. The number of hydrogen-bond donors (Lipinski definition) is 0. The molecule has 15 rings (SSSR count). The van der Waals surface area contributed by atoms with Crippen LogP contribution < -0.4 is 0 Å². The third kappa shape index (κ3) is 32.0. The fourth-order valence-electron chi connectivity index (χ4n) is 24.1. The number of sulfone groups is 3. The monoisotopic (exact) mass is 2060 g/mol. The van der Waals surface area contributed by atoms with Gasteiger partial charge in [0, 0.05) is 68.1 Å². The minimum atomic E-state index is -3.51. The topological polar surface area (TPSA) is 258 Å². The first-order chi connectivity index (χ1) is 68.6. The molecule has 810 valence electrons. The molecule has 0 amide bonds. The Labute approximate surface area is 868 Å². The minimum absolute atomic E-state index is 0.00737. The molecule has 12 aliphatic rings. The Kier molecular flexibility index (Phi) is 43.4. The van der Waals surface area contributed by atoms with Gasteiger partial charge in [-0.05, 0) is 263 Å². The molecule has 30 atom stereocenters. The van der Waals surface area contributed by atoms with Crippen LogP contribution in [0.5, 0.6) is 0 Å². The average Bonchev–Trinajstić information content (AvgIpc) is 1.63. The fourth-order valence-corrected chi connectivity index (χ4v) is 29.5. The van der Waals surface area contributed by atoms with Gasteiger partial charge in [-0.15, -0.1) is 0 Å². The van der Waals surface area contributed by atoms with Crippen LogP contribution in [0.1, 0.15) is 308 Å². The van der Waals surface area contributed by atoms with Crippen LogP contribution in [-0.2, 0) is 125 Å². The van der Waals surface area contributed by atoms with E-state index in [2.05, 4.69) is 151 Å². The van der Waals surface area contributed by atoms with Crippen molar-refractivity contribution in [3.63, 3.8) is 0 Å². The lowest BCUT2D eigenvalue weighted by Gasteiger charge is -2.38. The third-order valence-electron chi connectivity index (χ3n) is 34.8. The van der Waals surface area contributed by atoms with E-state index in [9.17, 15) is 30.0 Å². The Morgan fingerprint density at radius 1 is 0.326 bits per heavy atom. The van der Waals surface area contributed by atoms with Crippen LogP contribution in [0.15, 0.2) is 148 Å². The summed E-state index contributed by atoms with van der Waals surface area (Å²) in [5.74, 6) is 2.80. The number of rotatable bonds is 45. The molecule has 0 saturated carbocycles. The lowest BCUT2D eigenvalue weighted by molar-refractivity contribution is -0.225. The van der Waals surface area contributed by atoms with Gasteiger partial charge in [0.2, 0.25) is 0 Å². The molecule has 0 aliphatic carbocycles. The van der Waals surface area contributed by atoms with E-state index in [4.69, 9.17) is 71.1 Å². The van der Waals surface area contributed by atoms with E-state index < -0.39 is 35.6 Å². The second kappa shape index (κ2) is 53.7. The van der Waals surface area contributed by atoms with Crippen LogP contribution in [0.3, 0.4) is 0 Å². The predicted molar refractivity (Wildman–Crippen MR) is 568 cm³/mol. The maximum absolute atomic E-state index is 13.8. The number of benzene rings is 3. The van der Waals surface area contributed by atoms with E-state index in [1.807, 2.05) is 36.4 Å². The first-order valence-corrected chi connectivity index (χ1v) is 61.0. The van der Waals surface area contributed by atoms with Crippen LogP contribution in [-0.4, -0.2) is 217 Å². The van der Waals surface area contributed by atoms with Crippen molar-refractivity contribution in [1.29, 1.82) is 0 Å². The fraction of sp³-hybridized carbons (Fsp3) is 0.756. The van der Waals surface area contributed by atoms with Crippen molar-refractivity contribution in [3.8, 4) is 0 Å². The molecule has 22 nitrogen and oxygen atoms in total. The van der Waals surface area contributed by atoms with Crippen LogP contribution in [0.4, 0.5) is 0 Å². The largest absolute Gasteiger partial charge is 0.374 e. The highest BCUT2D eigenvalue weighted by Crippen LogP contribution is 2.49. The zero-order valence-corrected chi connectivity index (χ0v) is 93.2. The molecule has 12 saturated heterocycles. The maximum Gasteiger partial charge on any atom is 0.178 e. The molecular formula is C119H184O22S3. The van der Waals surface area contributed by atoms with Gasteiger partial charge in [0.25, 0.3) is 0 Å². The van der Waals surface area contributed by atoms with Crippen molar-refractivity contribution < 1.29 is 101 Å². The smallest absolute Gasteiger partial charge is 0.178 e. The van der Waals surface area contributed by atoms with Gasteiger partial charge in [-0.1, -0.05) is 206 Å². The quantitative estimate of drug-likeness (QED) is 0.0476. The summed E-state index contributed by atoms with van der Waals surface area (Å²) in [7, 11) is -10.5. The number of carbonyl (C=O) groups is 1. The van der Waals surface area contributed by atoms with Gasteiger partial charge in [-0.25, -0.2) is 25.3 Å². The maximum atomic E-state index is 13.8. The summed E-state index contributed by atoms with van der Waals surface area (Å²) in [6.45, 7) is 63.3. The van der Waals surface area contributed by atoms with Gasteiger partial charge < -0.3 is 71.1 Å². The predicted octanol–water partition coefficient (Wildman–Crippen LogP) is 23.6. The minimum Gasteiger partial charge on any atom is -0.374 e. The summed E-state index contributed by atoms with van der Waals surface area (Å²) in [6, 6.07) is 22.1. The van der Waals surface area contributed by atoms with Gasteiger partial charge in [-0.2, -0.15) is 0 Å². The zero-order valence-electron chi connectivity index (χ0n) is 90.8. The highest BCUT2D eigenvalue weighted by atomic mass is 32.2. The molecule has 0 N–H and O–H groups in total. The van der Waals surface area contributed by atoms with E-state index in [1.54, 1.807) is 36.4 Å². The second-order valence-corrected chi connectivity index (χ2v) is 52.6. The molecule has 3 aromatic rings. The Balaban J connectivity index is 0.000000181. The van der Waals surface area contributed by atoms with Crippen LogP contribution in [0.25, 0.3) is 0 Å². The van der Waals surface area contributed by atoms with Crippen LogP contribution in [0.2, 0.25) is 0 Å². The van der Waals surface area contributed by atoms with Crippen molar-refractivity contribution in [2.75, 3.05) is 56.9 Å². The van der Waals surface area contributed by atoms with Crippen molar-refractivity contribution in [3.05, 3.63) is 150 Å². The average molecular weight is 2060 g/mol. The molecule has 0 radical (unpaired) electrons. The van der Waals surface area contributed by atoms with Gasteiger partial charge in [-0.3, -0.25) is 4.79 Å². The lowest BCUT2D eigenvalue weighted by Crippen LogP contribution is -2.39. The molecule has 0 unspecified atom stereocenters. The summed E-state index contributed by atoms with van der Waals surface area (Å²) in [4.78, 5) is 14.0. The van der Waals surface area contributed by atoms with Crippen LogP contribution in [0, 0.1) is 76.4 Å². The highest BCUT2D eigenvalue weighted by Gasteiger charge is 2.52. The first kappa shape index (κ1) is 116. The Bertz CT molecular complexity index is 4720. The van der Waals surface area contributed by atoms with E-state index in [-0.39, 0.29) is 193 Å².